The van der Waals surface area contributed by atoms with Crippen LogP contribution in [0.4, 0.5) is 0 Å². The highest BCUT2D eigenvalue weighted by Crippen LogP contribution is 2.23. The number of nitrogens with zero attached hydrogens (tertiary/aromatic N) is 1. The maximum atomic E-state index is 11.2. The molecular weight excluding hydrogens is 166 g/mol. The molecule has 0 aromatic carbocycles. The Morgan fingerprint density at radius 3 is 2.38 bits per heavy atom. The first kappa shape index (κ1) is 10.2. The molecule has 1 unspecified atom stereocenters. The number of Topliss-reactive ketones (excluding diaryl/α,β-unsaturated/α-hetero) is 1. The number of hydrogen-bond acceptors (Lipinski definition) is 2. The van der Waals surface area contributed by atoms with Crippen molar-refractivity contribution in [1.29, 1.82) is 0 Å². The molecule has 0 N–H and O–H groups in total. The van der Waals surface area contributed by atoms with Crippen molar-refractivity contribution in [3.8, 4) is 0 Å². The van der Waals surface area contributed by atoms with Gasteiger partial charge in [-0.2, -0.15) is 0 Å². The topological polar surface area (TPSA) is 37.4 Å². The summed E-state index contributed by atoms with van der Waals surface area (Å²) in [4.78, 5) is 24.2. The third-order valence-corrected chi connectivity index (χ3v) is 2.91. The fraction of sp³-hybridized carbons (Fsp3) is 0.800. The normalized spacial score (nSPS) is 28.7. The number of amides is 1. The van der Waals surface area contributed by atoms with Crippen LogP contribution in [0.2, 0.25) is 0 Å². The quantitative estimate of drug-likeness (QED) is 0.613. The van der Waals surface area contributed by atoms with Crippen LogP contribution in [0.15, 0.2) is 0 Å². The SMILES string of the molecule is CC(=O)C1CCCN(C(C)=O)[C@H]1C. The van der Waals surface area contributed by atoms with Gasteiger partial charge in [0.2, 0.25) is 5.91 Å². The molecule has 1 saturated heterocycles. The minimum Gasteiger partial charge on any atom is -0.340 e. The number of carbonyl (C=O) groups excluding carboxylic acids is 2. The Bertz CT molecular complexity index is 203. The minimum absolute atomic E-state index is 0.0534. The third kappa shape index (κ3) is 2.08. The predicted octanol–water partition coefficient (Wildman–Crippen LogP) is 1.22. The smallest absolute Gasteiger partial charge is 0.219 e. The Kier molecular flexibility index (Phi) is 3.07. The van der Waals surface area contributed by atoms with E-state index in [-0.39, 0.29) is 23.7 Å². The molecule has 0 aliphatic carbocycles. The molecule has 74 valence electrons. The summed E-state index contributed by atoms with van der Waals surface area (Å²) in [5, 5.41) is 0. The van der Waals surface area contributed by atoms with E-state index in [4.69, 9.17) is 0 Å². The molecule has 0 aromatic rings. The van der Waals surface area contributed by atoms with Gasteiger partial charge in [0.25, 0.3) is 0 Å². The molecule has 0 bridgehead atoms. The third-order valence-electron chi connectivity index (χ3n) is 2.91. The second-order valence-corrected chi connectivity index (χ2v) is 3.81. The molecule has 1 rings (SSSR count). The highest BCUT2D eigenvalue weighted by Gasteiger charge is 2.31. The van der Waals surface area contributed by atoms with Crippen LogP contribution in [-0.4, -0.2) is 29.2 Å². The van der Waals surface area contributed by atoms with Gasteiger partial charge in [0.1, 0.15) is 5.78 Å². The summed E-state index contributed by atoms with van der Waals surface area (Å²) in [5.74, 6) is 0.342. The summed E-state index contributed by atoms with van der Waals surface area (Å²) in [6.45, 7) is 5.96. The fourth-order valence-corrected chi connectivity index (χ4v) is 2.13. The molecule has 1 amide bonds. The van der Waals surface area contributed by atoms with E-state index in [0.717, 1.165) is 19.4 Å². The molecule has 0 aromatic heterocycles. The molecule has 0 spiro atoms. The summed E-state index contributed by atoms with van der Waals surface area (Å²) >= 11 is 0. The lowest BCUT2D eigenvalue weighted by atomic mass is 9.87. The van der Waals surface area contributed by atoms with Crippen molar-refractivity contribution in [3.05, 3.63) is 0 Å². The maximum absolute atomic E-state index is 11.2. The second-order valence-electron chi connectivity index (χ2n) is 3.81. The molecule has 1 heterocycles. The highest BCUT2D eigenvalue weighted by molar-refractivity contribution is 5.81. The van der Waals surface area contributed by atoms with Crippen LogP contribution in [0, 0.1) is 5.92 Å². The molecular formula is C10H17NO2. The van der Waals surface area contributed by atoms with E-state index < -0.39 is 0 Å². The number of hydrogen-bond donors (Lipinski definition) is 0. The number of ketones is 1. The average Bonchev–Trinajstić information content (AvgIpc) is 2.03. The lowest BCUT2D eigenvalue weighted by Gasteiger charge is -2.37. The monoisotopic (exact) mass is 183 g/mol. The summed E-state index contributed by atoms with van der Waals surface area (Å²) in [5.41, 5.74) is 0. The van der Waals surface area contributed by atoms with Crippen LogP contribution in [0.3, 0.4) is 0 Å². The first-order valence-electron chi connectivity index (χ1n) is 4.81. The van der Waals surface area contributed by atoms with Crippen molar-refractivity contribution >= 4 is 11.7 Å². The van der Waals surface area contributed by atoms with Gasteiger partial charge in [0.15, 0.2) is 0 Å². The summed E-state index contributed by atoms with van der Waals surface area (Å²) < 4.78 is 0. The first-order valence-corrected chi connectivity index (χ1v) is 4.81. The van der Waals surface area contributed by atoms with E-state index in [0.29, 0.717) is 0 Å². The van der Waals surface area contributed by atoms with Crippen molar-refractivity contribution in [1.82, 2.24) is 4.90 Å². The number of piperidine rings is 1. The Morgan fingerprint density at radius 1 is 1.31 bits per heavy atom. The lowest BCUT2D eigenvalue weighted by molar-refractivity contribution is -0.136. The van der Waals surface area contributed by atoms with Gasteiger partial charge < -0.3 is 4.90 Å². The molecule has 13 heavy (non-hydrogen) atoms. The van der Waals surface area contributed by atoms with Gasteiger partial charge in [-0.05, 0) is 26.7 Å². The van der Waals surface area contributed by atoms with Crippen LogP contribution in [0.1, 0.15) is 33.6 Å². The summed E-state index contributed by atoms with van der Waals surface area (Å²) in [6.07, 6.45) is 1.88. The van der Waals surface area contributed by atoms with Gasteiger partial charge in [0, 0.05) is 25.4 Å². The van der Waals surface area contributed by atoms with Gasteiger partial charge in [-0.1, -0.05) is 0 Å². The zero-order valence-corrected chi connectivity index (χ0v) is 8.54. The van der Waals surface area contributed by atoms with Gasteiger partial charge in [0.05, 0.1) is 0 Å². The fourth-order valence-electron chi connectivity index (χ4n) is 2.13. The van der Waals surface area contributed by atoms with Crippen LogP contribution >= 0.6 is 0 Å². The Hall–Kier alpha value is -0.860. The van der Waals surface area contributed by atoms with E-state index in [1.807, 2.05) is 6.92 Å². The van der Waals surface area contributed by atoms with Gasteiger partial charge in [-0.25, -0.2) is 0 Å². The molecule has 1 fully saturated rings. The molecule has 0 radical (unpaired) electrons. The van der Waals surface area contributed by atoms with E-state index >= 15 is 0 Å². The van der Waals surface area contributed by atoms with Crippen molar-refractivity contribution in [2.45, 2.75) is 39.7 Å². The molecule has 2 atom stereocenters. The van der Waals surface area contributed by atoms with Gasteiger partial charge in [-0.3, -0.25) is 9.59 Å². The standard InChI is InChI=1S/C10H17NO2/c1-7-10(8(2)12)5-4-6-11(7)9(3)13/h7,10H,4-6H2,1-3H3/t7-,10?/m0/s1. The molecule has 3 heteroatoms. The average molecular weight is 183 g/mol. The van der Waals surface area contributed by atoms with E-state index in [1.54, 1.807) is 18.7 Å². The van der Waals surface area contributed by atoms with Crippen LogP contribution in [-0.2, 0) is 9.59 Å². The van der Waals surface area contributed by atoms with Gasteiger partial charge >= 0.3 is 0 Å². The van der Waals surface area contributed by atoms with Crippen LogP contribution in [0.25, 0.3) is 0 Å². The zero-order chi connectivity index (χ0) is 10.0. The predicted molar refractivity (Wildman–Crippen MR) is 50.3 cm³/mol. The largest absolute Gasteiger partial charge is 0.340 e. The first-order chi connectivity index (χ1) is 6.04. The number of likely N-dealkylation sites (tertiary alicyclic amines) is 1. The van der Waals surface area contributed by atoms with Crippen molar-refractivity contribution in [2.24, 2.45) is 5.92 Å². The van der Waals surface area contributed by atoms with Crippen LogP contribution in [0.5, 0.6) is 0 Å². The van der Waals surface area contributed by atoms with E-state index in [9.17, 15) is 9.59 Å². The number of carbonyl (C=O) groups is 2. The molecule has 0 saturated carbocycles. The van der Waals surface area contributed by atoms with Crippen molar-refractivity contribution in [2.75, 3.05) is 6.54 Å². The minimum atomic E-state index is 0.0534. The summed E-state index contributed by atoms with van der Waals surface area (Å²) in [6, 6.07) is 0.0868. The maximum Gasteiger partial charge on any atom is 0.219 e. The zero-order valence-electron chi connectivity index (χ0n) is 8.54. The summed E-state index contributed by atoms with van der Waals surface area (Å²) in [7, 11) is 0. The molecule has 3 nitrogen and oxygen atoms in total. The molecule has 1 aliphatic rings. The lowest BCUT2D eigenvalue weighted by Crippen LogP contribution is -2.47. The van der Waals surface area contributed by atoms with Crippen molar-refractivity contribution < 1.29 is 9.59 Å². The van der Waals surface area contributed by atoms with Crippen molar-refractivity contribution in [3.63, 3.8) is 0 Å². The van der Waals surface area contributed by atoms with Crippen LogP contribution < -0.4 is 0 Å². The van der Waals surface area contributed by atoms with E-state index in [2.05, 4.69) is 0 Å². The Labute approximate surface area is 79.1 Å². The Morgan fingerprint density at radius 2 is 1.92 bits per heavy atom. The molecule has 1 aliphatic heterocycles. The van der Waals surface area contributed by atoms with E-state index in [1.165, 1.54) is 0 Å². The second kappa shape index (κ2) is 3.90. The Balaban J connectivity index is 2.71. The highest BCUT2D eigenvalue weighted by atomic mass is 16.2. The number of rotatable bonds is 1. The van der Waals surface area contributed by atoms with Gasteiger partial charge in [-0.15, -0.1) is 0 Å².